The quantitative estimate of drug-likeness (QED) is 0.396. The number of benzene rings is 3. The molecule has 2 atom stereocenters. The summed E-state index contributed by atoms with van der Waals surface area (Å²) in [5.74, 6) is -1.73. The van der Waals surface area contributed by atoms with Gasteiger partial charge >= 0.3 is 0 Å². The lowest BCUT2D eigenvalue weighted by Gasteiger charge is -2.18. The SMILES string of the molecule is CC1=CC[C@H]2C(=O)N(c3cccc(C(=O)Nc4ccc(C(=O)Nc5ccccc5)cc4)c3)C(=O)[C@H]2C1. The molecular weight excluding hydrogens is 454 g/mol. The number of allylic oxidation sites excluding steroid dienone is 2. The molecule has 1 saturated heterocycles. The van der Waals surface area contributed by atoms with E-state index in [0.717, 1.165) is 5.57 Å². The summed E-state index contributed by atoms with van der Waals surface area (Å²) in [6.45, 7) is 1.98. The smallest absolute Gasteiger partial charge is 0.255 e. The van der Waals surface area contributed by atoms with Crippen molar-refractivity contribution in [3.63, 3.8) is 0 Å². The molecular formula is C29H25N3O4. The lowest BCUT2D eigenvalue weighted by atomic mass is 9.82. The average molecular weight is 480 g/mol. The van der Waals surface area contributed by atoms with Gasteiger partial charge in [0.2, 0.25) is 11.8 Å². The van der Waals surface area contributed by atoms with Gasteiger partial charge in [-0.1, -0.05) is 35.9 Å². The number of anilines is 3. The van der Waals surface area contributed by atoms with Gasteiger partial charge in [0.05, 0.1) is 17.5 Å². The summed E-state index contributed by atoms with van der Waals surface area (Å²) in [5.41, 5.74) is 3.51. The highest BCUT2D eigenvalue weighted by molar-refractivity contribution is 6.22. The molecule has 1 aliphatic carbocycles. The fraction of sp³-hybridized carbons (Fsp3) is 0.172. The molecule has 0 saturated carbocycles. The van der Waals surface area contributed by atoms with Crippen molar-refractivity contribution in [1.82, 2.24) is 0 Å². The third kappa shape index (κ3) is 4.55. The Hall–Kier alpha value is -4.52. The molecule has 1 heterocycles. The van der Waals surface area contributed by atoms with Crippen LogP contribution in [0.25, 0.3) is 0 Å². The minimum Gasteiger partial charge on any atom is -0.322 e. The van der Waals surface area contributed by atoms with Gasteiger partial charge in [0.15, 0.2) is 0 Å². The zero-order chi connectivity index (χ0) is 25.2. The van der Waals surface area contributed by atoms with E-state index < -0.39 is 0 Å². The molecule has 3 aromatic carbocycles. The van der Waals surface area contributed by atoms with Gasteiger partial charge in [-0.3, -0.25) is 24.1 Å². The summed E-state index contributed by atoms with van der Waals surface area (Å²) < 4.78 is 0. The monoisotopic (exact) mass is 479 g/mol. The molecule has 0 spiro atoms. The van der Waals surface area contributed by atoms with Crippen LogP contribution in [0.1, 0.15) is 40.5 Å². The lowest BCUT2D eigenvalue weighted by molar-refractivity contribution is -0.122. The summed E-state index contributed by atoms with van der Waals surface area (Å²) in [6.07, 6.45) is 3.18. The van der Waals surface area contributed by atoms with Crippen LogP contribution < -0.4 is 15.5 Å². The highest BCUT2D eigenvalue weighted by atomic mass is 16.2. The Morgan fingerprint density at radius 3 is 2.11 bits per heavy atom. The van der Waals surface area contributed by atoms with Gasteiger partial charge in [0.1, 0.15) is 0 Å². The van der Waals surface area contributed by atoms with Gasteiger partial charge in [-0.25, -0.2) is 0 Å². The van der Waals surface area contributed by atoms with Gasteiger partial charge in [-0.2, -0.15) is 0 Å². The molecule has 1 fully saturated rings. The number of carbonyl (C=O) groups excluding carboxylic acids is 4. The van der Waals surface area contributed by atoms with E-state index in [1.165, 1.54) is 4.90 Å². The average Bonchev–Trinajstić information content (AvgIpc) is 3.14. The number of rotatable bonds is 5. The first kappa shape index (κ1) is 23.2. The number of para-hydroxylation sites is 1. The maximum atomic E-state index is 13.0. The summed E-state index contributed by atoms with van der Waals surface area (Å²) in [4.78, 5) is 52.6. The molecule has 2 N–H and O–H groups in total. The molecule has 0 radical (unpaired) electrons. The van der Waals surface area contributed by atoms with Crippen LogP contribution in [0.15, 0.2) is 90.5 Å². The van der Waals surface area contributed by atoms with Crippen molar-refractivity contribution in [3.8, 4) is 0 Å². The highest BCUT2D eigenvalue weighted by Gasteiger charge is 2.48. The molecule has 0 bridgehead atoms. The molecule has 0 unspecified atom stereocenters. The summed E-state index contributed by atoms with van der Waals surface area (Å²) in [6, 6.07) is 22.2. The molecule has 5 rings (SSSR count). The van der Waals surface area contributed by atoms with Crippen LogP contribution in [0.4, 0.5) is 17.1 Å². The van der Waals surface area contributed by atoms with Crippen LogP contribution in [-0.2, 0) is 9.59 Å². The Kier molecular flexibility index (Phi) is 6.21. The van der Waals surface area contributed by atoms with Crippen molar-refractivity contribution < 1.29 is 19.2 Å². The van der Waals surface area contributed by atoms with Gasteiger partial charge in [0, 0.05) is 22.5 Å². The van der Waals surface area contributed by atoms with Crippen LogP contribution in [-0.4, -0.2) is 23.6 Å². The Morgan fingerprint density at radius 2 is 1.39 bits per heavy atom. The predicted molar refractivity (Wildman–Crippen MR) is 138 cm³/mol. The number of nitrogens with zero attached hydrogens (tertiary/aromatic N) is 1. The van der Waals surface area contributed by atoms with Crippen molar-refractivity contribution in [2.75, 3.05) is 15.5 Å². The first-order valence-corrected chi connectivity index (χ1v) is 11.8. The molecule has 0 aromatic heterocycles. The van der Waals surface area contributed by atoms with Crippen LogP contribution in [0.3, 0.4) is 0 Å². The highest BCUT2D eigenvalue weighted by Crippen LogP contribution is 2.39. The number of amides is 4. The maximum absolute atomic E-state index is 13.0. The van der Waals surface area contributed by atoms with Gasteiger partial charge in [0.25, 0.3) is 11.8 Å². The van der Waals surface area contributed by atoms with Crippen molar-refractivity contribution in [1.29, 1.82) is 0 Å². The Balaban J connectivity index is 1.27. The van der Waals surface area contributed by atoms with E-state index in [9.17, 15) is 19.2 Å². The van der Waals surface area contributed by atoms with Crippen molar-refractivity contribution in [2.45, 2.75) is 19.8 Å². The van der Waals surface area contributed by atoms with Gasteiger partial charge in [-0.15, -0.1) is 0 Å². The third-order valence-electron chi connectivity index (χ3n) is 6.63. The Bertz CT molecular complexity index is 1380. The van der Waals surface area contributed by atoms with Gasteiger partial charge in [-0.05, 0) is 74.4 Å². The second kappa shape index (κ2) is 9.62. The van der Waals surface area contributed by atoms with Crippen LogP contribution in [0.2, 0.25) is 0 Å². The zero-order valence-electron chi connectivity index (χ0n) is 19.7. The van der Waals surface area contributed by atoms with Crippen LogP contribution in [0.5, 0.6) is 0 Å². The minimum atomic E-state index is -0.382. The van der Waals surface area contributed by atoms with E-state index >= 15 is 0 Å². The molecule has 4 amide bonds. The molecule has 3 aromatic rings. The van der Waals surface area contributed by atoms with E-state index in [-0.39, 0.29) is 35.5 Å². The first-order valence-electron chi connectivity index (χ1n) is 11.8. The number of hydrogen-bond donors (Lipinski definition) is 2. The van der Waals surface area contributed by atoms with E-state index in [4.69, 9.17) is 0 Å². The van der Waals surface area contributed by atoms with Crippen molar-refractivity contribution in [2.24, 2.45) is 11.8 Å². The Morgan fingerprint density at radius 1 is 0.750 bits per heavy atom. The lowest BCUT2D eigenvalue weighted by Crippen LogP contribution is -2.31. The molecule has 1 aliphatic heterocycles. The van der Waals surface area contributed by atoms with E-state index in [1.54, 1.807) is 60.7 Å². The minimum absolute atomic E-state index is 0.209. The predicted octanol–water partition coefficient (Wildman–Crippen LogP) is 5.04. The molecule has 2 aliphatic rings. The topological polar surface area (TPSA) is 95.6 Å². The van der Waals surface area contributed by atoms with Gasteiger partial charge < -0.3 is 10.6 Å². The van der Waals surface area contributed by atoms with Crippen LogP contribution >= 0.6 is 0 Å². The molecule has 7 nitrogen and oxygen atoms in total. The number of hydrogen-bond acceptors (Lipinski definition) is 4. The molecule has 36 heavy (non-hydrogen) atoms. The maximum Gasteiger partial charge on any atom is 0.255 e. The van der Waals surface area contributed by atoms with Crippen LogP contribution in [0, 0.1) is 11.8 Å². The number of imide groups is 1. The number of nitrogens with one attached hydrogen (secondary N) is 2. The van der Waals surface area contributed by atoms with Crippen molar-refractivity contribution >= 4 is 40.7 Å². The zero-order valence-corrected chi connectivity index (χ0v) is 19.7. The van der Waals surface area contributed by atoms with E-state index in [1.807, 2.05) is 31.2 Å². The molecule has 7 heteroatoms. The summed E-state index contributed by atoms with van der Waals surface area (Å²) >= 11 is 0. The fourth-order valence-corrected chi connectivity index (χ4v) is 4.71. The van der Waals surface area contributed by atoms with E-state index in [0.29, 0.717) is 41.0 Å². The number of carbonyl (C=O) groups is 4. The number of fused-ring (bicyclic) bond motifs is 1. The second-order valence-corrected chi connectivity index (χ2v) is 9.12. The van der Waals surface area contributed by atoms with Crippen molar-refractivity contribution in [3.05, 3.63) is 102 Å². The Labute approximate surface area is 208 Å². The second-order valence-electron chi connectivity index (χ2n) is 9.12. The standard InChI is InChI=1S/C29H25N3O4/c1-18-10-15-24-25(16-18)29(36)32(28(24)35)23-9-5-6-20(17-23)27(34)31-22-13-11-19(12-14-22)26(33)30-21-7-3-2-4-8-21/h2-14,17,24-25H,15-16H2,1H3,(H,30,33)(H,31,34)/t24-,25+/m1/s1. The third-order valence-corrected chi connectivity index (χ3v) is 6.63. The normalized spacial score (nSPS) is 18.9. The first-order chi connectivity index (χ1) is 17.4. The molecule has 180 valence electrons. The summed E-state index contributed by atoms with van der Waals surface area (Å²) in [7, 11) is 0. The largest absolute Gasteiger partial charge is 0.322 e. The fourth-order valence-electron chi connectivity index (χ4n) is 4.71. The summed E-state index contributed by atoms with van der Waals surface area (Å²) in [5, 5.41) is 5.62. The van der Waals surface area contributed by atoms with E-state index in [2.05, 4.69) is 10.6 Å².